The molecule has 0 atom stereocenters. The molecule has 7 heteroatoms. The SMILES string of the molecule is CC(=O)Oc1ccc2nnn(Cc3ccccc3C(C)=O)c(=O)c2c1. The third-order valence-corrected chi connectivity index (χ3v) is 3.67. The van der Waals surface area contributed by atoms with Gasteiger partial charge < -0.3 is 4.74 Å². The molecule has 0 radical (unpaired) electrons. The molecule has 0 saturated carbocycles. The zero-order chi connectivity index (χ0) is 18.0. The number of rotatable bonds is 4. The van der Waals surface area contributed by atoms with Crippen LogP contribution in [0.15, 0.2) is 47.3 Å². The largest absolute Gasteiger partial charge is 0.427 e. The van der Waals surface area contributed by atoms with E-state index in [1.54, 1.807) is 36.4 Å². The number of nitrogens with zero attached hydrogens (tertiary/aromatic N) is 3. The van der Waals surface area contributed by atoms with Crippen LogP contribution < -0.4 is 10.3 Å². The number of ketones is 1. The molecule has 0 bridgehead atoms. The van der Waals surface area contributed by atoms with Gasteiger partial charge in [0.05, 0.1) is 11.9 Å². The minimum Gasteiger partial charge on any atom is -0.427 e. The highest BCUT2D eigenvalue weighted by Crippen LogP contribution is 2.17. The smallest absolute Gasteiger partial charge is 0.308 e. The summed E-state index contributed by atoms with van der Waals surface area (Å²) in [4.78, 5) is 35.5. The molecule has 0 amide bonds. The molecule has 1 aromatic heterocycles. The summed E-state index contributed by atoms with van der Waals surface area (Å²) < 4.78 is 6.19. The maximum absolute atomic E-state index is 12.7. The summed E-state index contributed by atoms with van der Waals surface area (Å²) in [6.45, 7) is 2.88. The summed E-state index contributed by atoms with van der Waals surface area (Å²) in [5.74, 6) is -0.299. The van der Waals surface area contributed by atoms with Crippen molar-refractivity contribution < 1.29 is 14.3 Å². The van der Waals surface area contributed by atoms with E-state index in [1.165, 1.54) is 24.6 Å². The first-order chi connectivity index (χ1) is 12.0. The molecular formula is C18H15N3O4. The van der Waals surface area contributed by atoms with E-state index in [1.807, 2.05) is 0 Å². The van der Waals surface area contributed by atoms with E-state index in [2.05, 4.69) is 10.3 Å². The Morgan fingerprint density at radius 2 is 1.88 bits per heavy atom. The topological polar surface area (TPSA) is 91.2 Å². The first-order valence-electron chi connectivity index (χ1n) is 7.60. The monoisotopic (exact) mass is 337 g/mol. The Morgan fingerprint density at radius 3 is 2.60 bits per heavy atom. The van der Waals surface area contributed by atoms with Gasteiger partial charge in [0.2, 0.25) is 0 Å². The van der Waals surface area contributed by atoms with Crippen molar-refractivity contribution in [2.24, 2.45) is 0 Å². The number of carbonyl (C=O) groups excluding carboxylic acids is 2. The Hall–Kier alpha value is -3.35. The second-order valence-electron chi connectivity index (χ2n) is 5.54. The van der Waals surface area contributed by atoms with Crippen molar-refractivity contribution >= 4 is 22.7 Å². The molecule has 25 heavy (non-hydrogen) atoms. The third-order valence-electron chi connectivity index (χ3n) is 3.67. The van der Waals surface area contributed by atoms with Gasteiger partial charge in [-0.05, 0) is 30.7 Å². The molecule has 0 N–H and O–H groups in total. The summed E-state index contributed by atoms with van der Waals surface area (Å²) in [7, 11) is 0. The van der Waals surface area contributed by atoms with Crippen LogP contribution in [-0.4, -0.2) is 26.7 Å². The Balaban J connectivity index is 2.06. The van der Waals surface area contributed by atoms with E-state index < -0.39 is 5.97 Å². The molecule has 0 aliphatic heterocycles. The standard InChI is InChI=1S/C18H15N3O4/c1-11(22)15-6-4-3-5-13(15)10-21-18(24)16-9-14(25-12(2)23)7-8-17(16)19-20-21/h3-9H,10H2,1-2H3. The molecule has 0 aliphatic rings. The van der Waals surface area contributed by atoms with Gasteiger partial charge in [-0.3, -0.25) is 14.4 Å². The summed E-state index contributed by atoms with van der Waals surface area (Å²) >= 11 is 0. The van der Waals surface area contributed by atoms with Crippen molar-refractivity contribution in [2.75, 3.05) is 0 Å². The molecule has 0 aliphatic carbocycles. The zero-order valence-electron chi connectivity index (χ0n) is 13.7. The van der Waals surface area contributed by atoms with Gasteiger partial charge >= 0.3 is 5.97 Å². The average molecular weight is 337 g/mol. The summed E-state index contributed by atoms with van der Waals surface area (Å²) in [5.41, 5.74) is 1.24. The lowest BCUT2D eigenvalue weighted by atomic mass is 10.0. The van der Waals surface area contributed by atoms with Crippen molar-refractivity contribution in [1.82, 2.24) is 15.0 Å². The molecule has 7 nitrogen and oxygen atoms in total. The second-order valence-corrected chi connectivity index (χ2v) is 5.54. The van der Waals surface area contributed by atoms with Crippen LogP contribution in [0.3, 0.4) is 0 Å². The van der Waals surface area contributed by atoms with Crippen molar-refractivity contribution in [3.63, 3.8) is 0 Å². The number of hydrogen-bond donors (Lipinski definition) is 0. The first kappa shape index (κ1) is 16.5. The van der Waals surface area contributed by atoms with E-state index in [0.29, 0.717) is 16.6 Å². The van der Waals surface area contributed by atoms with E-state index >= 15 is 0 Å². The zero-order valence-corrected chi connectivity index (χ0v) is 13.7. The third kappa shape index (κ3) is 3.45. The highest BCUT2D eigenvalue weighted by Gasteiger charge is 2.12. The molecule has 3 rings (SSSR count). The molecule has 0 unspecified atom stereocenters. The van der Waals surface area contributed by atoms with Crippen molar-refractivity contribution in [3.05, 3.63) is 63.9 Å². The highest BCUT2D eigenvalue weighted by molar-refractivity contribution is 5.95. The van der Waals surface area contributed by atoms with Crippen molar-refractivity contribution in [3.8, 4) is 5.75 Å². The fourth-order valence-electron chi connectivity index (χ4n) is 2.55. The van der Waals surface area contributed by atoms with Gasteiger partial charge in [-0.1, -0.05) is 29.5 Å². The normalized spacial score (nSPS) is 10.6. The number of esters is 1. The van der Waals surface area contributed by atoms with Gasteiger partial charge in [0, 0.05) is 12.5 Å². The summed E-state index contributed by atoms with van der Waals surface area (Å²) in [5, 5.41) is 8.23. The fraction of sp³-hybridized carbons (Fsp3) is 0.167. The average Bonchev–Trinajstić information content (AvgIpc) is 2.57. The van der Waals surface area contributed by atoms with Crippen LogP contribution in [0.25, 0.3) is 10.9 Å². The highest BCUT2D eigenvalue weighted by atomic mass is 16.5. The van der Waals surface area contributed by atoms with Gasteiger partial charge in [-0.2, -0.15) is 0 Å². The molecule has 126 valence electrons. The summed E-state index contributed by atoms with van der Waals surface area (Å²) in [6, 6.07) is 11.6. The lowest BCUT2D eigenvalue weighted by Crippen LogP contribution is -2.25. The Kier molecular flexibility index (Phi) is 4.38. The fourth-order valence-corrected chi connectivity index (χ4v) is 2.55. The quantitative estimate of drug-likeness (QED) is 0.411. The first-order valence-corrected chi connectivity index (χ1v) is 7.60. The van der Waals surface area contributed by atoms with E-state index in [4.69, 9.17) is 4.74 Å². The second kappa shape index (κ2) is 6.64. The van der Waals surface area contributed by atoms with Gasteiger partial charge in [0.1, 0.15) is 11.3 Å². The van der Waals surface area contributed by atoms with Crippen molar-refractivity contribution in [1.29, 1.82) is 0 Å². The Morgan fingerprint density at radius 1 is 1.12 bits per heavy atom. The van der Waals surface area contributed by atoms with Crippen LogP contribution >= 0.6 is 0 Å². The Labute approximate surface area is 142 Å². The van der Waals surface area contributed by atoms with E-state index in [0.717, 1.165) is 0 Å². The molecule has 3 aromatic rings. The molecule has 0 saturated heterocycles. The lowest BCUT2D eigenvalue weighted by molar-refractivity contribution is -0.131. The molecule has 0 fully saturated rings. The number of carbonyl (C=O) groups is 2. The van der Waals surface area contributed by atoms with Gasteiger partial charge in [-0.25, -0.2) is 4.68 Å². The molecule has 1 heterocycles. The molecule has 0 spiro atoms. The predicted octanol–water partition coefficient (Wildman–Crippen LogP) is 1.97. The number of hydrogen-bond acceptors (Lipinski definition) is 6. The maximum atomic E-state index is 12.7. The lowest BCUT2D eigenvalue weighted by Gasteiger charge is -2.09. The number of fused-ring (bicyclic) bond motifs is 1. The predicted molar refractivity (Wildman–Crippen MR) is 90.7 cm³/mol. The van der Waals surface area contributed by atoms with Crippen molar-refractivity contribution in [2.45, 2.75) is 20.4 Å². The van der Waals surface area contributed by atoms with Crippen LogP contribution in [-0.2, 0) is 11.3 Å². The minimum atomic E-state index is -0.475. The Bertz CT molecular complexity index is 1040. The van der Waals surface area contributed by atoms with Crippen LogP contribution in [0, 0.1) is 0 Å². The minimum absolute atomic E-state index is 0.0884. The number of benzene rings is 2. The van der Waals surface area contributed by atoms with Gasteiger partial charge in [0.15, 0.2) is 5.78 Å². The summed E-state index contributed by atoms with van der Waals surface area (Å²) in [6.07, 6.45) is 0. The van der Waals surface area contributed by atoms with Crippen LogP contribution in [0.4, 0.5) is 0 Å². The molecular weight excluding hydrogens is 322 g/mol. The number of ether oxygens (including phenoxy) is 1. The molecule has 2 aromatic carbocycles. The van der Waals surface area contributed by atoms with Gasteiger partial charge in [-0.15, -0.1) is 5.10 Å². The van der Waals surface area contributed by atoms with Gasteiger partial charge in [0.25, 0.3) is 5.56 Å². The van der Waals surface area contributed by atoms with E-state index in [9.17, 15) is 14.4 Å². The maximum Gasteiger partial charge on any atom is 0.308 e. The van der Waals surface area contributed by atoms with Crippen LogP contribution in [0.5, 0.6) is 5.75 Å². The van der Waals surface area contributed by atoms with Crippen LogP contribution in [0.2, 0.25) is 0 Å². The van der Waals surface area contributed by atoms with E-state index in [-0.39, 0.29) is 29.0 Å². The number of aromatic nitrogens is 3. The number of Topliss-reactive ketones (excluding diaryl/α,β-unsaturated/α-hetero) is 1. The van der Waals surface area contributed by atoms with Crippen LogP contribution in [0.1, 0.15) is 29.8 Å².